The zero-order chi connectivity index (χ0) is 13.7. The number of anilines is 1. The predicted molar refractivity (Wildman–Crippen MR) is 76.8 cm³/mol. The summed E-state index contributed by atoms with van der Waals surface area (Å²) in [5.74, 6) is 1.15. The van der Waals surface area contributed by atoms with E-state index in [4.69, 9.17) is 4.74 Å². The average Bonchev–Trinajstić information content (AvgIpc) is 2.40. The zero-order valence-corrected chi connectivity index (χ0v) is 12.1. The lowest BCUT2D eigenvalue weighted by atomic mass is 10.3. The van der Waals surface area contributed by atoms with Crippen LogP contribution in [0.5, 0.6) is 5.75 Å². The van der Waals surface area contributed by atoms with Crippen molar-refractivity contribution in [3.8, 4) is 5.75 Å². The molecular weight excluding hydrogens is 311 g/mol. The van der Waals surface area contributed by atoms with Crippen molar-refractivity contribution in [3.05, 3.63) is 52.4 Å². The van der Waals surface area contributed by atoms with Crippen molar-refractivity contribution in [3.63, 3.8) is 0 Å². The molecule has 1 aromatic carbocycles. The smallest absolute Gasteiger partial charge is 0.134 e. The molecule has 0 aliphatic carbocycles. The Bertz CT molecular complexity index is 546. The van der Waals surface area contributed by atoms with Gasteiger partial charge in [0.15, 0.2) is 0 Å². The lowest BCUT2D eigenvalue weighted by Gasteiger charge is -2.08. The summed E-state index contributed by atoms with van der Waals surface area (Å²) < 4.78 is 19.1. The number of nitrogens with one attached hydrogen (secondary N) is 1. The highest BCUT2D eigenvalue weighted by Gasteiger charge is 2.03. The predicted octanol–water partition coefficient (Wildman–Crippen LogP) is 3.99. The molecule has 0 aliphatic rings. The van der Waals surface area contributed by atoms with Crippen LogP contribution in [0.4, 0.5) is 10.2 Å². The molecule has 0 radical (unpaired) electrons. The minimum Gasteiger partial charge on any atom is -0.488 e. The summed E-state index contributed by atoms with van der Waals surface area (Å²) in [5, 5.41) is 3.12. The summed E-state index contributed by atoms with van der Waals surface area (Å²) in [5.41, 5.74) is 0.956. The first-order valence-corrected chi connectivity index (χ1v) is 6.75. The van der Waals surface area contributed by atoms with Gasteiger partial charge in [-0.15, -0.1) is 0 Å². The third-order valence-corrected chi connectivity index (χ3v) is 3.09. The first-order chi connectivity index (χ1) is 9.19. The molecule has 1 aromatic heterocycles. The Morgan fingerprint density at radius 1 is 1.32 bits per heavy atom. The average molecular weight is 325 g/mol. The molecule has 0 amide bonds. The maximum absolute atomic E-state index is 12.9. The minimum absolute atomic E-state index is 0.295. The fourth-order valence-electron chi connectivity index (χ4n) is 1.55. The maximum atomic E-state index is 12.9. The van der Waals surface area contributed by atoms with Crippen LogP contribution in [0.3, 0.4) is 0 Å². The number of rotatable bonds is 5. The number of hydrogen-bond acceptors (Lipinski definition) is 3. The molecule has 5 heteroatoms. The first-order valence-electron chi connectivity index (χ1n) is 5.95. The Balaban J connectivity index is 1.98. The van der Waals surface area contributed by atoms with E-state index in [1.54, 1.807) is 12.3 Å². The van der Waals surface area contributed by atoms with Gasteiger partial charge in [0.05, 0.1) is 4.47 Å². The van der Waals surface area contributed by atoms with E-state index < -0.39 is 0 Å². The van der Waals surface area contributed by atoms with Gasteiger partial charge in [-0.05, 0) is 47.1 Å². The molecule has 2 aromatic rings. The third-order valence-electron chi connectivity index (χ3n) is 2.47. The van der Waals surface area contributed by atoms with Crippen molar-refractivity contribution in [2.24, 2.45) is 0 Å². The summed E-state index contributed by atoms with van der Waals surface area (Å²) in [6, 6.07) is 8.19. The summed E-state index contributed by atoms with van der Waals surface area (Å²) in [6.07, 6.45) is 1.76. The molecule has 3 nitrogen and oxygen atoms in total. The van der Waals surface area contributed by atoms with Gasteiger partial charge in [0.2, 0.25) is 0 Å². The molecular formula is C14H14BrFN2O. The van der Waals surface area contributed by atoms with Crippen molar-refractivity contribution in [2.75, 3.05) is 11.9 Å². The van der Waals surface area contributed by atoms with E-state index in [0.717, 1.165) is 17.9 Å². The minimum atomic E-state index is -0.295. The van der Waals surface area contributed by atoms with Gasteiger partial charge in [0, 0.05) is 18.3 Å². The van der Waals surface area contributed by atoms with Gasteiger partial charge in [-0.1, -0.05) is 6.07 Å². The Kier molecular flexibility index (Phi) is 4.74. The highest BCUT2D eigenvalue weighted by molar-refractivity contribution is 9.10. The molecule has 0 saturated heterocycles. The lowest BCUT2D eigenvalue weighted by Crippen LogP contribution is -2.01. The Morgan fingerprint density at radius 3 is 2.79 bits per heavy atom. The number of nitrogens with zero attached hydrogens (tertiary/aromatic N) is 1. The number of hydrogen-bond donors (Lipinski definition) is 1. The molecule has 1 N–H and O–H groups in total. The summed E-state index contributed by atoms with van der Waals surface area (Å²) in [7, 11) is 0. The standard InChI is InChI=1S/C14H14BrFN2O/c1-2-17-14-6-3-10(8-18-14)9-19-13-5-4-11(16)7-12(13)15/h3-8H,2,9H2,1H3,(H,17,18). The molecule has 0 aliphatic heterocycles. The van der Waals surface area contributed by atoms with Gasteiger partial charge in [0.1, 0.15) is 24.0 Å². The highest BCUT2D eigenvalue weighted by Crippen LogP contribution is 2.26. The van der Waals surface area contributed by atoms with E-state index in [0.29, 0.717) is 16.8 Å². The van der Waals surface area contributed by atoms with Crippen LogP contribution in [-0.4, -0.2) is 11.5 Å². The van der Waals surface area contributed by atoms with Crippen molar-refractivity contribution in [1.29, 1.82) is 0 Å². The van der Waals surface area contributed by atoms with Gasteiger partial charge in [-0.25, -0.2) is 9.37 Å². The van der Waals surface area contributed by atoms with Crippen molar-refractivity contribution < 1.29 is 9.13 Å². The Labute approximate surface area is 119 Å². The number of pyridine rings is 1. The van der Waals surface area contributed by atoms with Crippen LogP contribution >= 0.6 is 15.9 Å². The SMILES string of the molecule is CCNc1ccc(COc2ccc(F)cc2Br)cn1. The molecule has 0 spiro atoms. The fraction of sp³-hybridized carbons (Fsp3) is 0.214. The van der Waals surface area contributed by atoms with Crippen LogP contribution in [0.2, 0.25) is 0 Å². The monoisotopic (exact) mass is 324 g/mol. The number of ether oxygens (including phenoxy) is 1. The van der Waals surface area contributed by atoms with E-state index in [-0.39, 0.29) is 5.82 Å². The maximum Gasteiger partial charge on any atom is 0.134 e. The van der Waals surface area contributed by atoms with Crippen LogP contribution in [0.1, 0.15) is 12.5 Å². The first kappa shape index (κ1) is 13.8. The highest BCUT2D eigenvalue weighted by atomic mass is 79.9. The normalized spacial score (nSPS) is 10.3. The van der Waals surface area contributed by atoms with E-state index in [1.807, 2.05) is 19.1 Å². The van der Waals surface area contributed by atoms with E-state index >= 15 is 0 Å². The van der Waals surface area contributed by atoms with Gasteiger partial charge in [-0.3, -0.25) is 0 Å². The van der Waals surface area contributed by atoms with Gasteiger partial charge >= 0.3 is 0 Å². The molecule has 0 unspecified atom stereocenters. The van der Waals surface area contributed by atoms with Crippen molar-refractivity contribution >= 4 is 21.7 Å². The molecule has 0 bridgehead atoms. The van der Waals surface area contributed by atoms with E-state index in [1.165, 1.54) is 12.1 Å². The van der Waals surface area contributed by atoms with Crippen LogP contribution in [-0.2, 0) is 6.61 Å². The molecule has 0 fully saturated rings. The van der Waals surface area contributed by atoms with Crippen molar-refractivity contribution in [1.82, 2.24) is 4.98 Å². The topological polar surface area (TPSA) is 34.1 Å². The molecule has 19 heavy (non-hydrogen) atoms. The summed E-state index contributed by atoms with van der Waals surface area (Å²) >= 11 is 3.26. The van der Waals surface area contributed by atoms with E-state index in [9.17, 15) is 4.39 Å². The third kappa shape index (κ3) is 3.92. The quantitative estimate of drug-likeness (QED) is 0.902. The van der Waals surface area contributed by atoms with Crippen molar-refractivity contribution in [2.45, 2.75) is 13.5 Å². The second-order valence-corrected chi connectivity index (χ2v) is 4.80. The number of halogens is 2. The van der Waals surface area contributed by atoms with E-state index in [2.05, 4.69) is 26.2 Å². The molecule has 0 atom stereocenters. The summed E-state index contributed by atoms with van der Waals surface area (Å²) in [4.78, 5) is 4.25. The van der Waals surface area contributed by atoms with Gasteiger partial charge in [0.25, 0.3) is 0 Å². The fourth-order valence-corrected chi connectivity index (χ4v) is 2.01. The molecule has 1 heterocycles. The lowest BCUT2D eigenvalue weighted by molar-refractivity contribution is 0.303. The van der Waals surface area contributed by atoms with Gasteiger partial charge < -0.3 is 10.1 Å². The molecule has 0 saturated carbocycles. The van der Waals surface area contributed by atoms with Crippen LogP contribution in [0.25, 0.3) is 0 Å². The Hall–Kier alpha value is -1.62. The second kappa shape index (κ2) is 6.52. The molecule has 100 valence electrons. The van der Waals surface area contributed by atoms with Gasteiger partial charge in [-0.2, -0.15) is 0 Å². The van der Waals surface area contributed by atoms with Crippen LogP contribution < -0.4 is 10.1 Å². The summed E-state index contributed by atoms with van der Waals surface area (Å²) in [6.45, 7) is 3.25. The number of benzene rings is 1. The van der Waals surface area contributed by atoms with Crippen LogP contribution in [0.15, 0.2) is 41.0 Å². The number of aromatic nitrogens is 1. The van der Waals surface area contributed by atoms with Crippen LogP contribution in [0, 0.1) is 5.82 Å². The molecule has 2 rings (SSSR count). The Morgan fingerprint density at radius 2 is 2.16 bits per heavy atom. The second-order valence-electron chi connectivity index (χ2n) is 3.95. The zero-order valence-electron chi connectivity index (χ0n) is 10.5. The largest absolute Gasteiger partial charge is 0.488 e.